The first-order valence-corrected chi connectivity index (χ1v) is 26.6. The van der Waals surface area contributed by atoms with Gasteiger partial charge in [0.2, 0.25) is 0 Å². The predicted octanol–water partition coefficient (Wildman–Crippen LogP) is 7.59. The molecule has 2 fully saturated rings. The number of aliphatic hydroxyl groups excluding tert-OH is 2. The molecule has 16 nitrogen and oxygen atoms in total. The van der Waals surface area contributed by atoms with Gasteiger partial charge in [0.05, 0.1) is 27.8 Å². The number of aliphatic hydroxyl groups is 2. The minimum atomic E-state index is -3.00. The Labute approximate surface area is 419 Å². The summed E-state index contributed by atoms with van der Waals surface area (Å²) in [6.45, 7) is 10.9. The Kier molecular flexibility index (Phi) is 17.6. The maximum Gasteiger partial charge on any atom is 0.338 e. The lowest BCUT2D eigenvalue weighted by molar-refractivity contribution is -0.351. The molecule has 0 aromatic heterocycles. The number of benzene rings is 5. The van der Waals surface area contributed by atoms with Crippen molar-refractivity contribution in [2.75, 3.05) is 13.2 Å². The molecule has 2 aliphatic heterocycles. The van der Waals surface area contributed by atoms with Gasteiger partial charge in [-0.3, -0.25) is 0 Å². The summed E-state index contributed by atoms with van der Waals surface area (Å²) in [5.74, 6) is -4.14. The highest BCUT2D eigenvalue weighted by Gasteiger charge is 2.58. The number of rotatable bonds is 18. The molecular weight excluding hydrogens is 945 g/mol. The third-order valence-electron chi connectivity index (χ3n) is 13.5. The highest BCUT2D eigenvalue weighted by atomic mass is 28.4. The van der Waals surface area contributed by atoms with Crippen molar-refractivity contribution in [1.82, 2.24) is 0 Å². The lowest BCUT2D eigenvalue weighted by atomic mass is 9.96. The summed E-state index contributed by atoms with van der Waals surface area (Å²) in [6, 6.07) is 40.0. The van der Waals surface area contributed by atoms with Gasteiger partial charge in [-0.1, -0.05) is 119 Å². The Balaban J connectivity index is 1.35. The quantitative estimate of drug-likeness (QED) is 0.0492. The first kappa shape index (κ1) is 53.2. The van der Waals surface area contributed by atoms with Crippen LogP contribution in [-0.2, 0) is 42.3 Å². The van der Waals surface area contributed by atoms with Crippen LogP contribution in [0.3, 0.4) is 0 Å². The van der Waals surface area contributed by atoms with Gasteiger partial charge in [-0.05, 0) is 84.7 Å². The molecule has 7 rings (SSSR count). The van der Waals surface area contributed by atoms with E-state index in [9.17, 15) is 34.2 Å². The smallest absolute Gasteiger partial charge is 0.338 e. The van der Waals surface area contributed by atoms with Gasteiger partial charge in [-0.15, -0.1) is 0 Å². The Bertz CT molecular complexity index is 2580. The standard InChI is InChI=1S/C55H60O16Si/c1-34(2)55(3,4)72(5,6)71-54-47(69-52(62)39-30-20-11-21-31-39)46(68-51(61)38-28-18-10-19-29-38)44(41(66-54)33-64-49(59)36-24-14-8-15-25-36)70-53-45(67-50(60)37-26-16-9-17-27-37)43(57)42(56)40(65-53)32-63-48(58)35-22-12-7-13-23-35/h7-31,34,40-47,53-54,56-57H,32-33H2,1-6H3/t40-,41-,42+,43+,44-,45-,46+,47-,53+,54+/m1/s1. The van der Waals surface area contributed by atoms with E-state index in [0.29, 0.717) is 0 Å². The van der Waals surface area contributed by atoms with Crippen molar-refractivity contribution < 1.29 is 76.5 Å². The van der Waals surface area contributed by atoms with E-state index in [1.165, 1.54) is 48.5 Å². The Hall–Kier alpha value is -6.57. The topological polar surface area (TPSA) is 209 Å². The molecule has 0 amide bonds. The van der Waals surface area contributed by atoms with Gasteiger partial charge in [0.15, 0.2) is 39.2 Å². The van der Waals surface area contributed by atoms with Gasteiger partial charge in [0.1, 0.15) is 43.7 Å². The van der Waals surface area contributed by atoms with E-state index >= 15 is 0 Å². The zero-order valence-corrected chi connectivity index (χ0v) is 41.8. The van der Waals surface area contributed by atoms with Gasteiger partial charge >= 0.3 is 29.8 Å². The highest BCUT2D eigenvalue weighted by Crippen LogP contribution is 2.47. The lowest BCUT2D eigenvalue weighted by Crippen LogP contribution is -2.67. The van der Waals surface area contributed by atoms with Crippen LogP contribution in [0.15, 0.2) is 152 Å². The zero-order valence-electron chi connectivity index (χ0n) is 40.8. The molecule has 2 saturated heterocycles. The molecule has 72 heavy (non-hydrogen) atoms. The fourth-order valence-electron chi connectivity index (χ4n) is 8.03. The molecular formula is C55H60O16Si. The van der Waals surface area contributed by atoms with Crippen molar-refractivity contribution in [2.45, 2.75) is 107 Å². The number of hydrogen-bond donors (Lipinski definition) is 2. The molecule has 0 saturated carbocycles. The maximum absolute atomic E-state index is 14.4. The molecule has 0 spiro atoms. The Morgan fingerprint density at radius 2 is 0.833 bits per heavy atom. The van der Waals surface area contributed by atoms with Crippen LogP contribution in [0, 0.1) is 5.92 Å². The zero-order chi connectivity index (χ0) is 51.6. The summed E-state index contributed by atoms with van der Waals surface area (Å²) in [6.07, 6.45) is -17.1. The van der Waals surface area contributed by atoms with E-state index in [0.717, 1.165) is 0 Å². The van der Waals surface area contributed by atoms with Crippen LogP contribution in [0.4, 0.5) is 0 Å². The number of carbonyl (C=O) groups excluding carboxylic acids is 5. The summed E-state index contributed by atoms with van der Waals surface area (Å²) < 4.78 is 57.0. The molecule has 0 unspecified atom stereocenters. The molecule has 5 aromatic rings. The minimum absolute atomic E-state index is 0.0715. The number of ether oxygens (including phenoxy) is 8. The molecule has 10 atom stereocenters. The van der Waals surface area contributed by atoms with Crippen LogP contribution >= 0.6 is 0 Å². The fraction of sp³-hybridized carbons (Fsp3) is 0.364. The first-order valence-electron chi connectivity index (χ1n) is 23.7. The van der Waals surface area contributed by atoms with E-state index in [-0.39, 0.29) is 33.7 Å². The second kappa shape index (κ2) is 23.8. The summed E-state index contributed by atoms with van der Waals surface area (Å²) in [5, 5.41) is 23.0. The Morgan fingerprint density at radius 3 is 1.24 bits per heavy atom. The molecule has 5 aromatic carbocycles. The van der Waals surface area contributed by atoms with Crippen molar-refractivity contribution in [3.63, 3.8) is 0 Å². The van der Waals surface area contributed by atoms with Crippen LogP contribution in [0.1, 0.15) is 79.5 Å². The number of carbonyl (C=O) groups is 5. The molecule has 380 valence electrons. The van der Waals surface area contributed by atoms with E-state index in [1.807, 2.05) is 13.1 Å². The highest BCUT2D eigenvalue weighted by molar-refractivity contribution is 6.74. The SMILES string of the molecule is CC(C)C(C)(C)[Si](C)(C)O[C@@H]1O[C@H](COC(=O)c2ccccc2)[C@@H](O[C@@H]2O[C@H](COC(=O)c3ccccc3)[C@H](O)[C@H](O)[C@H]2OC(=O)c2ccccc2)[C@H](OC(=O)c2ccccc2)[C@H]1OC(=O)c1ccccc1. The van der Waals surface area contributed by atoms with Crippen LogP contribution < -0.4 is 0 Å². The van der Waals surface area contributed by atoms with Crippen LogP contribution in [0.25, 0.3) is 0 Å². The van der Waals surface area contributed by atoms with Gasteiger partial charge in [-0.25, -0.2) is 24.0 Å². The van der Waals surface area contributed by atoms with E-state index in [2.05, 4.69) is 27.7 Å². The lowest BCUT2D eigenvalue weighted by Gasteiger charge is -2.51. The molecule has 2 aliphatic rings. The molecule has 2 heterocycles. The van der Waals surface area contributed by atoms with Crippen LogP contribution in [-0.4, -0.2) is 123 Å². The minimum Gasteiger partial charge on any atom is -0.459 e. The van der Waals surface area contributed by atoms with Gasteiger partial charge in [-0.2, -0.15) is 0 Å². The van der Waals surface area contributed by atoms with Crippen molar-refractivity contribution in [1.29, 1.82) is 0 Å². The normalized spacial score (nSPS) is 24.3. The van der Waals surface area contributed by atoms with E-state index in [1.54, 1.807) is 103 Å². The van der Waals surface area contributed by atoms with E-state index in [4.69, 9.17) is 42.3 Å². The average Bonchev–Trinajstić information content (AvgIpc) is 3.39. The van der Waals surface area contributed by atoms with E-state index < -0.39 is 118 Å². The molecule has 0 aliphatic carbocycles. The third-order valence-corrected chi connectivity index (χ3v) is 18.0. The molecule has 2 N–H and O–H groups in total. The number of esters is 5. The Morgan fingerprint density at radius 1 is 0.486 bits per heavy atom. The van der Waals surface area contributed by atoms with Gasteiger partial charge in [0, 0.05) is 0 Å². The van der Waals surface area contributed by atoms with Crippen molar-refractivity contribution in [3.05, 3.63) is 179 Å². The fourth-order valence-corrected chi connectivity index (χ4v) is 10.5. The van der Waals surface area contributed by atoms with Crippen LogP contribution in [0.5, 0.6) is 0 Å². The second-order valence-corrected chi connectivity index (χ2v) is 23.4. The molecule has 0 bridgehead atoms. The van der Waals surface area contributed by atoms with Gasteiger partial charge < -0.3 is 52.5 Å². The predicted molar refractivity (Wildman–Crippen MR) is 262 cm³/mol. The summed E-state index contributed by atoms with van der Waals surface area (Å²) in [5.41, 5.74) is 0.687. The average molecular weight is 1010 g/mol. The van der Waals surface area contributed by atoms with Gasteiger partial charge in [0.25, 0.3) is 0 Å². The summed E-state index contributed by atoms with van der Waals surface area (Å²) in [4.78, 5) is 69.4. The summed E-state index contributed by atoms with van der Waals surface area (Å²) >= 11 is 0. The number of hydrogen-bond acceptors (Lipinski definition) is 16. The van der Waals surface area contributed by atoms with Crippen molar-refractivity contribution >= 4 is 38.2 Å². The second-order valence-electron chi connectivity index (χ2n) is 18.8. The largest absolute Gasteiger partial charge is 0.459 e. The summed E-state index contributed by atoms with van der Waals surface area (Å²) in [7, 11) is -3.00. The maximum atomic E-state index is 14.4. The molecule has 0 radical (unpaired) electrons. The third kappa shape index (κ3) is 12.7. The van der Waals surface area contributed by atoms with Crippen LogP contribution in [0.2, 0.25) is 18.1 Å². The molecule has 17 heteroatoms. The monoisotopic (exact) mass is 1000 g/mol. The first-order chi connectivity index (χ1) is 34.4. The van der Waals surface area contributed by atoms with Crippen molar-refractivity contribution in [3.8, 4) is 0 Å². The van der Waals surface area contributed by atoms with Crippen molar-refractivity contribution in [2.24, 2.45) is 5.92 Å².